The Labute approximate surface area is 253 Å². The van der Waals surface area contributed by atoms with Crippen LogP contribution in [0, 0.1) is 11.8 Å². The van der Waals surface area contributed by atoms with E-state index in [0.717, 1.165) is 41.2 Å². The van der Waals surface area contributed by atoms with Crippen LogP contribution in [0.15, 0.2) is 18.2 Å². The first-order valence-electron chi connectivity index (χ1n) is 15.4. The van der Waals surface area contributed by atoms with Crippen LogP contribution in [0.5, 0.6) is 0 Å². The van der Waals surface area contributed by atoms with Gasteiger partial charge >= 0.3 is 0 Å². The van der Waals surface area contributed by atoms with Crippen molar-refractivity contribution in [1.82, 2.24) is 25.8 Å². The molecule has 11 heteroatoms. The molecular weight excluding hydrogens is 554 g/mol. The van der Waals surface area contributed by atoms with Crippen LogP contribution in [0.3, 0.4) is 0 Å². The average molecular weight is 602 g/mol. The lowest BCUT2D eigenvalue weighted by atomic mass is 9.91. The van der Waals surface area contributed by atoms with Gasteiger partial charge in [-0.05, 0) is 42.4 Å². The molecule has 3 heterocycles. The number of hydrogen-bond donors (Lipinski definition) is 3. The molecule has 2 fully saturated rings. The number of rotatable bonds is 13. The molecule has 4 rings (SSSR count). The lowest BCUT2D eigenvalue weighted by molar-refractivity contribution is -0.130. The molecule has 10 nitrogen and oxygen atoms in total. The molecule has 1 unspecified atom stereocenters. The van der Waals surface area contributed by atoms with Crippen molar-refractivity contribution in [3.05, 3.63) is 28.8 Å². The number of benzene rings is 1. The quantitative estimate of drug-likeness (QED) is 0.323. The minimum Gasteiger partial charge on any atom is -0.381 e. The number of aromatic nitrogens is 1. The number of fused-ring (bicyclic) bond motifs is 1. The number of morpholine rings is 1. The largest absolute Gasteiger partial charge is 0.381 e. The number of nitrogens with one attached hydrogen (secondary N) is 3. The number of carbonyl (C=O) groups excluding carboxylic acids is 3. The molecule has 2 aliphatic heterocycles. The molecule has 1 aromatic carbocycles. The van der Waals surface area contributed by atoms with Crippen molar-refractivity contribution in [2.24, 2.45) is 11.8 Å². The minimum atomic E-state index is -0.763. The zero-order chi connectivity index (χ0) is 30.1. The van der Waals surface area contributed by atoms with Crippen LogP contribution < -0.4 is 16.0 Å². The van der Waals surface area contributed by atoms with Gasteiger partial charge in [0.2, 0.25) is 17.7 Å². The molecule has 0 aliphatic carbocycles. The fourth-order valence-electron chi connectivity index (χ4n) is 5.49. The summed E-state index contributed by atoms with van der Waals surface area (Å²) in [5.41, 5.74) is 2.14. The van der Waals surface area contributed by atoms with Gasteiger partial charge in [0.15, 0.2) is 0 Å². The van der Waals surface area contributed by atoms with Crippen LogP contribution >= 0.6 is 11.3 Å². The van der Waals surface area contributed by atoms with E-state index in [1.165, 1.54) is 5.56 Å². The van der Waals surface area contributed by atoms with Gasteiger partial charge in [-0.25, -0.2) is 4.98 Å². The van der Waals surface area contributed by atoms with E-state index in [4.69, 9.17) is 14.5 Å². The summed E-state index contributed by atoms with van der Waals surface area (Å²) in [7, 11) is 0. The number of nitrogens with zero attached hydrogens (tertiary/aromatic N) is 2. The van der Waals surface area contributed by atoms with Crippen LogP contribution in [0.1, 0.15) is 63.4 Å². The van der Waals surface area contributed by atoms with Gasteiger partial charge in [0.25, 0.3) is 0 Å². The first-order valence-corrected chi connectivity index (χ1v) is 16.2. The highest BCUT2D eigenvalue weighted by Gasteiger charge is 2.30. The molecule has 2 saturated heterocycles. The Morgan fingerprint density at radius 1 is 1.02 bits per heavy atom. The predicted molar refractivity (Wildman–Crippen MR) is 165 cm³/mol. The van der Waals surface area contributed by atoms with Gasteiger partial charge < -0.3 is 25.4 Å². The zero-order valence-corrected chi connectivity index (χ0v) is 26.3. The van der Waals surface area contributed by atoms with Crippen molar-refractivity contribution in [3.8, 4) is 0 Å². The summed E-state index contributed by atoms with van der Waals surface area (Å²) in [5.74, 6) is -0.0821. The molecule has 2 aromatic rings. The van der Waals surface area contributed by atoms with Crippen molar-refractivity contribution in [2.75, 3.05) is 52.6 Å². The highest BCUT2D eigenvalue weighted by atomic mass is 32.1. The summed E-state index contributed by atoms with van der Waals surface area (Å²) >= 11 is 1.56. The van der Waals surface area contributed by atoms with E-state index in [2.05, 4.69) is 46.8 Å². The van der Waals surface area contributed by atoms with Gasteiger partial charge in [-0.1, -0.05) is 33.8 Å². The first-order chi connectivity index (χ1) is 20.2. The van der Waals surface area contributed by atoms with Gasteiger partial charge in [0.1, 0.15) is 6.04 Å². The summed E-state index contributed by atoms with van der Waals surface area (Å²) in [5, 5.41) is 10.0. The third-order valence-electron chi connectivity index (χ3n) is 8.22. The van der Waals surface area contributed by atoms with Crippen molar-refractivity contribution in [2.45, 2.75) is 71.4 Å². The maximum absolute atomic E-state index is 13.7. The Morgan fingerprint density at radius 3 is 2.43 bits per heavy atom. The van der Waals surface area contributed by atoms with Crippen LogP contribution in [0.4, 0.5) is 0 Å². The molecule has 3 atom stereocenters. The number of hydrogen-bond acceptors (Lipinski definition) is 8. The first kappa shape index (κ1) is 32.3. The van der Waals surface area contributed by atoms with E-state index >= 15 is 0 Å². The number of ether oxygens (including phenoxy) is 2. The number of carbonyl (C=O) groups is 3. The summed E-state index contributed by atoms with van der Waals surface area (Å²) in [6.45, 7) is 13.3. The monoisotopic (exact) mass is 601 g/mol. The van der Waals surface area contributed by atoms with Gasteiger partial charge in [0.05, 0.1) is 28.4 Å². The summed E-state index contributed by atoms with van der Waals surface area (Å²) < 4.78 is 12.1. The molecule has 0 radical (unpaired) electrons. The highest BCUT2D eigenvalue weighted by Crippen LogP contribution is 2.27. The SMILES string of the molecule is CCC(=O)N[C@@H](Cc1nc2ccc(C(C)C)cc2s1)C(=O)N[C@H](CNC(=O)C(C)CN1CCOCC1)C1CCOCC1. The second-order valence-corrected chi connectivity index (χ2v) is 12.9. The lowest BCUT2D eigenvalue weighted by Gasteiger charge is -2.33. The van der Waals surface area contributed by atoms with Gasteiger partial charge in [-0.15, -0.1) is 11.3 Å². The van der Waals surface area contributed by atoms with Crippen molar-refractivity contribution < 1.29 is 23.9 Å². The zero-order valence-electron chi connectivity index (χ0n) is 25.4. The second-order valence-electron chi connectivity index (χ2n) is 11.8. The van der Waals surface area contributed by atoms with E-state index in [1.807, 2.05) is 13.0 Å². The molecule has 1 aromatic heterocycles. The predicted octanol–water partition coefficient (Wildman–Crippen LogP) is 2.85. The fourth-order valence-corrected chi connectivity index (χ4v) is 6.55. The molecule has 232 valence electrons. The molecule has 3 N–H and O–H groups in total. The molecule has 42 heavy (non-hydrogen) atoms. The normalized spacial score (nSPS) is 18.9. The van der Waals surface area contributed by atoms with Crippen molar-refractivity contribution in [1.29, 1.82) is 0 Å². The topological polar surface area (TPSA) is 122 Å². The molecule has 0 saturated carbocycles. The Bertz CT molecular complexity index is 1190. The molecule has 0 bridgehead atoms. The van der Waals surface area contributed by atoms with E-state index in [9.17, 15) is 14.4 Å². The minimum absolute atomic E-state index is 0.0288. The third kappa shape index (κ3) is 9.20. The van der Waals surface area contributed by atoms with Crippen LogP contribution in [-0.4, -0.2) is 92.3 Å². The average Bonchev–Trinajstić information content (AvgIpc) is 3.41. The van der Waals surface area contributed by atoms with E-state index in [0.29, 0.717) is 51.9 Å². The van der Waals surface area contributed by atoms with Crippen LogP contribution in [-0.2, 0) is 30.3 Å². The van der Waals surface area contributed by atoms with Gasteiger partial charge in [-0.3, -0.25) is 19.3 Å². The smallest absolute Gasteiger partial charge is 0.243 e. The number of amides is 3. The lowest BCUT2D eigenvalue weighted by Crippen LogP contribution is -2.56. The third-order valence-corrected chi connectivity index (χ3v) is 9.26. The van der Waals surface area contributed by atoms with Crippen molar-refractivity contribution >= 4 is 39.3 Å². The van der Waals surface area contributed by atoms with Gasteiger partial charge in [-0.2, -0.15) is 0 Å². The number of thiazole rings is 1. The van der Waals surface area contributed by atoms with E-state index in [-0.39, 0.29) is 42.0 Å². The molecular formula is C31H47N5O5S. The van der Waals surface area contributed by atoms with E-state index < -0.39 is 6.04 Å². The second kappa shape index (κ2) is 15.7. The standard InChI is InChI=1S/C31H47N5O5S/c1-5-28(37)33-25(17-29-34-24-7-6-23(20(2)3)16-27(24)42-29)31(39)35-26(22-8-12-40-13-9-22)18-32-30(38)21(4)19-36-10-14-41-15-11-36/h6-7,16,20-22,25-26H,5,8-15,17-19H2,1-4H3,(H,32,38)(H,33,37)(H,35,39)/t21?,25-,26+/m0/s1. The Balaban J connectivity index is 1.43. The summed E-state index contributed by atoms with van der Waals surface area (Å²) in [6.07, 6.45) is 2.18. The summed E-state index contributed by atoms with van der Waals surface area (Å²) in [4.78, 5) is 46.2. The molecule has 0 spiro atoms. The Morgan fingerprint density at radius 2 is 1.74 bits per heavy atom. The molecule has 2 aliphatic rings. The van der Waals surface area contributed by atoms with Gasteiger partial charge in [0, 0.05) is 64.2 Å². The van der Waals surface area contributed by atoms with E-state index in [1.54, 1.807) is 18.3 Å². The molecule has 3 amide bonds. The Kier molecular flexibility index (Phi) is 12.1. The van der Waals surface area contributed by atoms with Crippen molar-refractivity contribution in [3.63, 3.8) is 0 Å². The Hall–Kier alpha value is -2.60. The van der Waals surface area contributed by atoms with Crippen LogP contribution in [0.2, 0.25) is 0 Å². The fraction of sp³-hybridized carbons (Fsp3) is 0.677. The maximum Gasteiger partial charge on any atom is 0.243 e. The maximum atomic E-state index is 13.7. The van der Waals surface area contributed by atoms with Crippen LogP contribution in [0.25, 0.3) is 10.2 Å². The highest BCUT2D eigenvalue weighted by molar-refractivity contribution is 7.18. The summed E-state index contributed by atoms with van der Waals surface area (Å²) in [6, 6.07) is 5.24.